The summed E-state index contributed by atoms with van der Waals surface area (Å²) in [7, 11) is -1.05. The summed E-state index contributed by atoms with van der Waals surface area (Å²) in [6.45, 7) is 0.823. The van der Waals surface area contributed by atoms with Crippen molar-refractivity contribution in [1.29, 1.82) is 0 Å². The highest BCUT2D eigenvalue weighted by molar-refractivity contribution is 7.87. The predicted molar refractivity (Wildman–Crippen MR) is 82.2 cm³/mol. The first-order chi connectivity index (χ1) is 9.72. The number of benzene rings is 1. The average molecular weight is 306 g/mol. The van der Waals surface area contributed by atoms with Crippen molar-refractivity contribution in [3.63, 3.8) is 0 Å². The van der Waals surface area contributed by atoms with Crippen molar-refractivity contribution in [2.24, 2.45) is 0 Å². The summed E-state index contributed by atoms with van der Waals surface area (Å²) in [5.41, 5.74) is 7.31. The van der Waals surface area contributed by atoms with Crippen LogP contribution in [0.25, 0.3) is 10.2 Å². The molecule has 0 fully saturated rings. The zero-order valence-electron chi connectivity index (χ0n) is 10.7. The Morgan fingerprint density at radius 3 is 3.10 bits per heavy atom. The molecule has 0 saturated heterocycles. The quantitative estimate of drug-likeness (QED) is 0.734. The molecule has 1 atom stereocenters. The Bertz CT molecular complexity index is 736. The fourth-order valence-corrected chi connectivity index (χ4v) is 4.30. The van der Waals surface area contributed by atoms with E-state index in [2.05, 4.69) is 9.97 Å². The van der Waals surface area contributed by atoms with Crippen LogP contribution in [0.1, 0.15) is 6.42 Å². The van der Waals surface area contributed by atoms with E-state index in [0.29, 0.717) is 15.8 Å². The molecule has 0 aliphatic rings. The highest BCUT2D eigenvalue weighted by Gasteiger charge is 2.10. The molecular formula is C13H14N4OS2. The second-order valence-corrected chi connectivity index (χ2v) is 7.19. The first-order valence-corrected chi connectivity index (χ1v) is 8.36. The van der Waals surface area contributed by atoms with Crippen molar-refractivity contribution in [2.75, 3.05) is 11.5 Å². The van der Waals surface area contributed by atoms with E-state index in [1.54, 1.807) is 12.5 Å². The Balaban J connectivity index is 1.66. The van der Waals surface area contributed by atoms with Crippen molar-refractivity contribution < 1.29 is 4.21 Å². The number of aryl methyl sites for hydroxylation is 1. The number of nitrogens with two attached hydrogens (primary N) is 1. The monoisotopic (exact) mass is 306 g/mol. The summed E-state index contributed by atoms with van der Waals surface area (Å²) in [6.07, 6.45) is 6.25. The van der Waals surface area contributed by atoms with E-state index in [9.17, 15) is 4.21 Å². The minimum absolute atomic E-state index is 0.605. The molecule has 2 aromatic heterocycles. The largest absolute Gasteiger partial charge is 0.399 e. The molecule has 0 aliphatic heterocycles. The van der Waals surface area contributed by atoms with Gasteiger partial charge in [-0.15, -0.1) is 11.3 Å². The summed E-state index contributed by atoms with van der Waals surface area (Å²) in [4.78, 5) is 8.39. The second-order valence-electron chi connectivity index (χ2n) is 4.41. The van der Waals surface area contributed by atoms with Gasteiger partial charge in [-0.25, -0.2) is 9.97 Å². The van der Waals surface area contributed by atoms with Crippen LogP contribution in [0.5, 0.6) is 0 Å². The normalized spacial score (nSPS) is 12.8. The van der Waals surface area contributed by atoms with Crippen molar-refractivity contribution in [3.8, 4) is 0 Å². The predicted octanol–water partition coefficient (Wildman–Crippen LogP) is 2.27. The maximum absolute atomic E-state index is 12.2. The Labute approximate surface area is 122 Å². The molecule has 0 spiro atoms. The number of fused-ring (bicyclic) bond motifs is 1. The van der Waals surface area contributed by atoms with Gasteiger partial charge in [0.05, 0.1) is 27.3 Å². The summed E-state index contributed by atoms with van der Waals surface area (Å²) < 4.78 is 15.9. The van der Waals surface area contributed by atoms with Crippen molar-refractivity contribution in [2.45, 2.75) is 17.3 Å². The standard InChI is InChI=1S/C13H14N4OS2/c14-10-2-3-11-12(8-10)19-13(16-11)20(18)7-1-5-17-6-4-15-9-17/h2-4,6,8-9H,1,5,7,14H2. The van der Waals surface area contributed by atoms with Gasteiger partial charge < -0.3 is 10.3 Å². The fourth-order valence-electron chi connectivity index (χ4n) is 1.90. The van der Waals surface area contributed by atoms with Gasteiger partial charge in [-0.2, -0.15) is 0 Å². The van der Waals surface area contributed by atoms with Crippen LogP contribution in [0, 0.1) is 0 Å². The lowest BCUT2D eigenvalue weighted by molar-refractivity contribution is 0.657. The van der Waals surface area contributed by atoms with Crippen molar-refractivity contribution >= 4 is 38.0 Å². The third kappa shape index (κ3) is 2.88. The van der Waals surface area contributed by atoms with Crippen molar-refractivity contribution in [1.82, 2.24) is 14.5 Å². The number of aromatic nitrogens is 3. The molecular weight excluding hydrogens is 292 g/mol. The van der Waals surface area contributed by atoms with E-state index in [-0.39, 0.29) is 0 Å². The Morgan fingerprint density at radius 1 is 1.40 bits per heavy atom. The van der Waals surface area contributed by atoms with Crippen LogP contribution in [0.15, 0.2) is 41.3 Å². The first kappa shape index (κ1) is 13.3. The molecule has 7 heteroatoms. The molecule has 104 valence electrons. The van der Waals surface area contributed by atoms with Crippen LogP contribution < -0.4 is 5.73 Å². The lowest BCUT2D eigenvalue weighted by atomic mass is 10.3. The molecule has 0 radical (unpaired) electrons. The lowest BCUT2D eigenvalue weighted by Crippen LogP contribution is -2.02. The third-order valence-corrected chi connectivity index (χ3v) is 5.65. The van der Waals surface area contributed by atoms with Crippen LogP contribution >= 0.6 is 11.3 Å². The van der Waals surface area contributed by atoms with Crippen LogP contribution in [-0.4, -0.2) is 24.5 Å². The van der Waals surface area contributed by atoms with Crippen LogP contribution in [0.3, 0.4) is 0 Å². The van der Waals surface area contributed by atoms with Gasteiger partial charge in [-0.3, -0.25) is 4.21 Å². The SMILES string of the molecule is Nc1ccc2nc(S(=O)CCCn3ccnc3)sc2c1. The molecule has 1 unspecified atom stereocenters. The summed E-state index contributed by atoms with van der Waals surface area (Å²) >= 11 is 1.46. The van der Waals surface area contributed by atoms with Crippen LogP contribution in [0.4, 0.5) is 5.69 Å². The third-order valence-electron chi connectivity index (χ3n) is 2.89. The van der Waals surface area contributed by atoms with Gasteiger partial charge in [-0.1, -0.05) is 0 Å². The van der Waals surface area contributed by atoms with Crippen molar-refractivity contribution in [3.05, 3.63) is 36.9 Å². The van der Waals surface area contributed by atoms with E-state index in [1.165, 1.54) is 11.3 Å². The van der Waals surface area contributed by atoms with Gasteiger partial charge >= 0.3 is 0 Å². The molecule has 0 bridgehead atoms. The molecule has 20 heavy (non-hydrogen) atoms. The molecule has 0 amide bonds. The maximum atomic E-state index is 12.2. The Morgan fingerprint density at radius 2 is 2.30 bits per heavy atom. The fraction of sp³-hybridized carbons (Fsp3) is 0.231. The highest BCUT2D eigenvalue weighted by Crippen LogP contribution is 2.26. The lowest BCUT2D eigenvalue weighted by Gasteiger charge is -2.00. The smallest absolute Gasteiger partial charge is 0.181 e. The first-order valence-electron chi connectivity index (χ1n) is 6.22. The van der Waals surface area contributed by atoms with E-state index >= 15 is 0 Å². The minimum Gasteiger partial charge on any atom is -0.399 e. The van der Waals surface area contributed by atoms with E-state index < -0.39 is 10.8 Å². The van der Waals surface area contributed by atoms with E-state index in [1.807, 2.05) is 29.0 Å². The van der Waals surface area contributed by atoms with Gasteiger partial charge in [-0.05, 0) is 24.6 Å². The molecule has 5 nitrogen and oxygen atoms in total. The second kappa shape index (κ2) is 5.72. The number of nitrogen functional groups attached to an aromatic ring is 1. The summed E-state index contributed by atoms with van der Waals surface area (Å²) in [5.74, 6) is 0.605. The van der Waals surface area contributed by atoms with Gasteiger partial charge in [0.25, 0.3) is 0 Å². The number of nitrogens with zero attached hydrogens (tertiary/aromatic N) is 3. The number of hydrogen-bond donors (Lipinski definition) is 1. The van der Waals surface area contributed by atoms with E-state index in [4.69, 9.17) is 5.73 Å². The number of imidazole rings is 1. The van der Waals surface area contributed by atoms with Gasteiger partial charge in [0.2, 0.25) is 0 Å². The molecule has 0 aliphatic carbocycles. The Kier molecular flexibility index (Phi) is 3.79. The molecule has 0 saturated carbocycles. The topological polar surface area (TPSA) is 73.8 Å². The number of thiazole rings is 1. The molecule has 2 N–H and O–H groups in total. The summed E-state index contributed by atoms with van der Waals surface area (Å²) in [6, 6.07) is 5.56. The average Bonchev–Trinajstić information content (AvgIpc) is 3.06. The van der Waals surface area contributed by atoms with Gasteiger partial charge in [0, 0.05) is 30.4 Å². The molecule has 3 aromatic rings. The minimum atomic E-state index is -1.05. The van der Waals surface area contributed by atoms with Gasteiger partial charge in [0.1, 0.15) is 0 Å². The number of anilines is 1. The van der Waals surface area contributed by atoms with E-state index in [0.717, 1.165) is 23.2 Å². The summed E-state index contributed by atoms with van der Waals surface area (Å²) in [5, 5.41) is 0. The van der Waals surface area contributed by atoms with Gasteiger partial charge in [0.15, 0.2) is 4.34 Å². The maximum Gasteiger partial charge on any atom is 0.181 e. The molecule has 3 rings (SSSR count). The number of rotatable bonds is 5. The van der Waals surface area contributed by atoms with Crippen LogP contribution in [0.2, 0.25) is 0 Å². The zero-order chi connectivity index (χ0) is 13.9. The highest BCUT2D eigenvalue weighted by atomic mass is 32.2. The number of hydrogen-bond acceptors (Lipinski definition) is 5. The Hall–Kier alpha value is -1.73. The van der Waals surface area contributed by atoms with Crippen LogP contribution in [-0.2, 0) is 17.3 Å². The molecule has 1 aromatic carbocycles. The molecule has 2 heterocycles. The zero-order valence-corrected chi connectivity index (χ0v) is 12.4.